The molecule has 0 spiro atoms. The van der Waals surface area contributed by atoms with Crippen LogP contribution in [0.2, 0.25) is 0 Å². The molecule has 1 fully saturated rings. The maximum atomic E-state index is 11.6. The van der Waals surface area contributed by atoms with E-state index in [-0.39, 0.29) is 5.54 Å². The molecule has 0 bridgehead atoms. The van der Waals surface area contributed by atoms with Gasteiger partial charge in [-0.2, -0.15) is 0 Å². The molecule has 1 amide bonds. The molecule has 86 valence electrons. The molecule has 4 heteroatoms. The van der Waals surface area contributed by atoms with Gasteiger partial charge in [-0.05, 0) is 25.5 Å². The topological polar surface area (TPSA) is 47.6 Å². The van der Waals surface area contributed by atoms with Crippen molar-refractivity contribution in [2.75, 3.05) is 13.2 Å². The molecule has 4 nitrogen and oxygen atoms in total. The van der Waals surface area contributed by atoms with Gasteiger partial charge in [0.25, 0.3) is 0 Å². The van der Waals surface area contributed by atoms with Crippen molar-refractivity contribution in [1.82, 2.24) is 5.32 Å². The third-order valence-electron chi connectivity index (χ3n) is 2.58. The van der Waals surface area contributed by atoms with E-state index in [9.17, 15) is 4.79 Å². The highest BCUT2D eigenvalue weighted by molar-refractivity contribution is 5.71. The average molecular weight is 221 g/mol. The lowest BCUT2D eigenvalue weighted by atomic mass is 10.0. The van der Waals surface area contributed by atoms with Crippen molar-refractivity contribution in [1.29, 1.82) is 0 Å². The zero-order valence-electron chi connectivity index (χ0n) is 9.23. The molecule has 0 aliphatic carbocycles. The minimum atomic E-state index is -0.431. The van der Waals surface area contributed by atoms with Crippen LogP contribution in [0.3, 0.4) is 0 Å². The van der Waals surface area contributed by atoms with E-state index in [1.807, 2.05) is 25.1 Å². The molecule has 16 heavy (non-hydrogen) atoms. The van der Waals surface area contributed by atoms with Gasteiger partial charge in [0.2, 0.25) is 0 Å². The third-order valence-corrected chi connectivity index (χ3v) is 2.58. The van der Waals surface area contributed by atoms with Crippen LogP contribution in [0.1, 0.15) is 13.3 Å². The highest BCUT2D eigenvalue weighted by Gasteiger charge is 2.31. The molecule has 1 aliphatic heterocycles. The SMILES string of the molecule is CC1(NC(=O)Oc2ccccc2)CCOC1. The van der Waals surface area contributed by atoms with Gasteiger partial charge in [0.1, 0.15) is 5.75 Å². The quantitative estimate of drug-likeness (QED) is 0.830. The number of carbonyl (C=O) groups is 1. The van der Waals surface area contributed by atoms with Crippen molar-refractivity contribution >= 4 is 6.09 Å². The Morgan fingerprint density at radius 1 is 1.44 bits per heavy atom. The van der Waals surface area contributed by atoms with E-state index in [0.29, 0.717) is 19.0 Å². The molecule has 1 saturated heterocycles. The number of carbonyl (C=O) groups excluding carboxylic acids is 1. The third kappa shape index (κ3) is 2.73. The second kappa shape index (κ2) is 4.53. The highest BCUT2D eigenvalue weighted by atomic mass is 16.6. The summed E-state index contributed by atoms with van der Waals surface area (Å²) in [5.41, 5.74) is -0.300. The van der Waals surface area contributed by atoms with Gasteiger partial charge in [-0.15, -0.1) is 0 Å². The van der Waals surface area contributed by atoms with Crippen molar-refractivity contribution in [2.24, 2.45) is 0 Å². The number of nitrogens with one attached hydrogen (secondary N) is 1. The number of hydrogen-bond acceptors (Lipinski definition) is 3. The molecule has 1 unspecified atom stereocenters. The molecule has 1 aromatic rings. The first-order chi connectivity index (χ1) is 7.68. The molecule has 1 N–H and O–H groups in total. The predicted octanol–water partition coefficient (Wildman–Crippen LogP) is 1.95. The van der Waals surface area contributed by atoms with Gasteiger partial charge < -0.3 is 14.8 Å². The molecule has 1 aliphatic rings. The van der Waals surface area contributed by atoms with Gasteiger partial charge in [-0.1, -0.05) is 18.2 Å². The number of ether oxygens (including phenoxy) is 2. The second-order valence-electron chi connectivity index (χ2n) is 4.19. The number of benzene rings is 1. The number of rotatable bonds is 2. The summed E-state index contributed by atoms with van der Waals surface area (Å²) in [4.78, 5) is 11.6. The lowest BCUT2D eigenvalue weighted by Gasteiger charge is -2.22. The standard InChI is InChI=1S/C12H15NO3/c1-12(7-8-15-9-12)13-11(14)16-10-5-3-2-4-6-10/h2-6H,7-9H2,1H3,(H,13,14). The highest BCUT2D eigenvalue weighted by Crippen LogP contribution is 2.18. The Morgan fingerprint density at radius 2 is 2.19 bits per heavy atom. The first-order valence-electron chi connectivity index (χ1n) is 5.31. The van der Waals surface area contributed by atoms with Crippen LogP contribution in [-0.4, -0.2) is 24.8 Å². The van der Waals surface area contributed by atoms with Crippen molar-refractivity contribution < 1.29 is 14.3 Å². The van der Waals surface area contributed by atoms with E-state index in [2.05, 4.69) is 5.32 Å². The lowest BCUT2D eigenvalue weighted by Crippen LogP contribution is -2.47. The van der Waals surface area contributed by atoms with Crippen molar-refractivity contribution in [3.63, 3.8) is 0 Å². The van der Waals surface area contributed by atoms with E-state index in [4.69, 9.17) is 9.47 Å². The van der Waals surface area contributed by atoms with Crippen LogP contribution in [0.15, 0.2) is 30.3 Å². The molecular weight excluding hydrogens is 206 g/mol. The first-order valence-corrected chi connectivity index (χ1v) is 5.31. The Kier molecular flexibility index (Phi) is 3.10. The Balaban J connectivity index is 1.89. The molecule has 0 aromatic heterocycles. The summed E-state index contributed by atoms with van der Waals surface area (Å²) < 4.78 is 10.4. The second-order valence-corrected chi connectivity index (χ2v) is 4.19. The predicted molar refractivity (Wildman–Crippen MR) is 59.4 cm³/mol. The summed E-state index contributed by atoms with van der Waals surface area (Å²) in [6.07, 6.45) is 0.385. The molecule has 0 saturated carbocycles. The summed E-state index contributed by atoms with van der Waals surface area (Å²) in [5.74, 6) is 0.544. The minimum absolute atomic E-state index is 0.300. The Labute approximate surface area is 94.6 Å². The van der Waals surface area contributed by atoms with Crippen LogP contribution in [-0.2, 0) is 4.74 Å². The van der Waals surface area contributed by atoms with Gasteiger partial charge >= 0.3 is 6.09 Å². The van der Waals surface area contributed by atoms with Crippen LogP contribution in [0.25, 0.3) is 0 Å². The van der Waals surface area contributed by atoms with Crippen LogP contribution in [0, 0.1) is 0 Å². The largest absolute Gasteiger partial charge is 0.413 e. The fourth-order valence-corrected chi connectivity index (χ4v) is 1.63. The average Bonchev–Trinajstić information content (AvgIpc) is 2.66. The van der Waals surface area contributed by atoms with E-state index in [1.54, 1.807) is 12.1 Å². The van der Waals surface area contributed by atoms with Crippen LogP contribution < -0.4 is 10.1 Å². The fraction of sp³-hybridized carbons (Fsp3) is 0.417. The zero-order chi connectivity index (χ0) is 11.4. The summed E-state index contributed by atoms with van der Waals surface area (Å²) >= 11 is 0. The van der Waals surface area contributed by atoms with Gasteiger partial charge in [0.05, 0.1) is 12.1 Å². The molecule has 2 rings (SSSR count). The van der Waals surface area contributed by atoms with Crippen LogP contribution in [0.4, 0.5) is 4.79 Å². The summed E-state index contributed by atoms with van der Waals surface area (Å²) in [5, 5.41) is 2.82. The van der Waals surface area contributed by atoms with E-state index in [0.717, 1.165) is 6.42 Å². The zero-order valence-corrected chi connectivity index (χ0v) is 9.23. The summed E-state index contributed by atoms with van der Waals surface area (Å²) in [6, 6.07) is 9.00. The Hall–Kier alpha value is -1.55. The fourth-order valence-electron chi connectivity index (χ4n) is 1.63. The van der Waals surface area contributed by atoms with E-state index < -0.39 is 6.09 Å². The monoisotopic (exact) mass is 221 g/mol. The maximum absolute atomic E-state index is 11.6. The van der Waals surface area contributed by atoms with E-state index in [1.165, 1.54) is 0 Å². The summed E-state index contributed by atoms with van der Waals surface area (Å²) in [7, 11) is 0. The lowest BCUT2D eigenvalue weighted by molar-refractivity contribution is 0.159. The number of amides is 1. The summed E-state index contributed by atoms with van der Waals surface area (Å²) in [6.45, 7) is 3.17. The van der Waals surface area contributed by atoms with Gasteiger partial charge in [-0.25, -0.2) is 4.79 Å². The van der Waals surface area contributed by atoms with Crippen molar-refractivity contribution in [3.05, 3.63) is 30.3 Å². The molecule has 0 radical (unpaired) electrons. The van der Waals surface area contributed by atoms with Crippen molar-refractivity contribution in [3.8, 4) is 5.75 Å². The van der Waals surface area contributed by atoms with Crippen molar-refractivity contribution in [2.45, 2.75) is 18.9 Å². The smallest absolute Gasteiger partial charge is 0.410 e. The maximum Gasteiger partial charge on any atom is 0.413 e. The molecule has 1 atom stereocenters. The normalized spacial score (nSPS) is 24.1. The first kappa shape index (κ1) is 11.0. The number of para-hydroxylation sites is 1. The van der Waals surface area contributed by atoms with Crippen LogP contribution in [0.5, 0.6) is 5.75 Å². The number of hydrogen-bond donors (Lipinski definition) is 1. The van der Waals surface area contributed by atoms with Crippen LogP contribution >= 0.6 is 0 Å². The van der Waals surface area contributed by atoms with Gasteiger partial charge in [-0.3, -0.25) is 0 Å². The molecule has 1 heterocycles. The van der Waals surface area contributed by atoms with E-state index >= 15 is 0 Å². The van der Waals surface area contributed by atoms with Gasteiger partial charge in [0.15, 0.2) is 0 Å². The Bertz CT molecular complexity index is 358. The molecular formula is C12H15NO3. The minimum Gasteiger partial charge on any atom is -0.410 e. The van der Waals surface area contributed by atoms with Gasteiger partial charge in [0, 0.05) is 6.61 Å². The molecule has 1 aromatic carbocycles. The Morgan fingerprint density at radius 3 is 2.81 bits per heavy atom.